The molecule has 122 valence electrons. The van der Waals surface area contributed by atoms with Crippen LogP contribution >= 0.6 is 11.6 Å². The number of amides is 1. The molecule has 0 radical (unpaired) electrons. The highest BCUT2D eigenvalue weighted by Crippen LogP contribution is 2.41. The first kappa shape index (κ1) is 17.1. The molecule has 0 aliphatic carbocycles. The maximum Gasteiger partial charge on any atom is 0.271 e. The first-order chi connectivity index (χ1) is 10.6. The third-order valence-electron chi connectivity index (χ3n) is 4.02. The van der Waals surface area contributed by atoms with Gasteiger partial charge in [0.25, 0.3) is 5.91 Å². The van der Waals surface area contributed by atoms with Gasteiger partial charge in [-0.3, -0.25) is 4.79 Å². The summed E-state index contributed by atoms with van der Waals surface area (Å²) in [7, 11) is 0. The predicted octanol–water partition coefficient (Wildman–Crippen LogP) is 2.60. The maximum atomic E-state index is 12.9. The van der Waals surface area contributed by atoms with Gasteiger partial charge in [0, 0.05) is 18.1 Å². The molecule has 0 saturated carbocycles. The summed E-state index contributed by atoms with van der Waals surface area (Å²) in [6.45, 7) is 5.76. The molecular weight excluding hydrogens is 304 g/mol. The Morgan fingerprint density at radius 2 is 2.05 bits per heavy atom. The van der Waals surface area contributed by atoms with Crippen LogP contribution in [0.25, 0.3) is 0 Å². The van der Waals surface area contributed by atoms with Gasteiger partial charge in [-0.2, -0.15) is 0 Å². The zero-order chi connectivity index (χ0) is 16.2. The quantitative estimate of drug-likeness (QED) is 0.782. The minimum absolute atomic E-state index is 0.0383. The van der Waals surface area contributed by atoms with Crippen LogP contribution < -0.4 is 15.4 Å². The second-order valence-corrected chi connectivity index (χ2v) is 5.71. The number of hydrogen-bond donors (Lipinski definition) is 1. The summed E-state index contributed by atoms with van der Waals surface area (Å²) < 4.78 is 11.5. The van der Waals surface area contributed by atoms with Crippen LogP contribution in [0, 0.1) is 0 Å². The highest BCUT2D eigenvalue weighted by molar-refractivity contribution is 6.31. The molecule has 22 heavy (non-hydrogen) atoms. The average Bonchev–Trinajstić information content (AvgIpc) is 2.53. The molecule has 0 atom stereocenters. The first-order valence-corrected chi connectivity index (χ1v) is 8.04. The Morgan fingerprint density at radius 3 is 2.68 bits per heavy atom. The number of carbonyl (C=O) groups is 1. The molecule has 1 aromatic rings. The van der Waals surface area contributed by atoms with Crippen molar-refractivity contribution < 1.29 is 14.3 Å². The van der Waals surface area contributed by atoms with E-state index in [1.165, 1.54) is 0 Å². The molecule has 1 aliphatic rings. The third kappa shape index (κ3) is 3.21. The van der Waals surface area contributed by atoms with Crippen LogP contribution in [0.4, 0.5) is 5.69 Å². The molecule has 0 spiro atoms. The lowest BCUT2D eigenvalue weighted by atomic mass is 9.93. The van der Waals surface area contributed by atoms with Crippen LogP contribution in [0.1, 0.15) is 26.7 Å². The fraction of sp³-hybridized carbons (Fsp3) is 0.562. The summed E-state index contributed by atoms with van der Waals surface area (Å²) in [6.07, 6.45) is 1.23. The molecule has 1 amide bonds. The van der Waals surface area contributed by atoms with Gasteiger partial charge >= 0.3 is 0 Å². The standard InChI is InChI=1S/C16H23ClN2O3/c1-3-16(4-2)15(20)19(8-10-21-9-7-18)13-11-12(17)5-6-14(13)22-16/h5-6,11H,3-4,7-10,18H2,1-2H3. The third-order valence-corrected chi connectivity index (χ3v) is 4.25. The normalized spacial score (nSPS) is 16.4. The molecule has 1 heterocycles. The van der Waals surface area contributed by atoms with Crippen molar-refractivity contribution in [2.75, 3.05) is 31.2 Å². The number of nitrogens with zero attached hydrogens (tertiary/aromatic N) is 1. The predicted molar refractivity (Wildman–Crippen MR) is 87.6 cm³/mol. The Morgan fingerprint density at radius 1 is 1.32 bits per heavy atom. The molecule has 2 N–H and O–H groups in total. The highest BCUT2D eigenvalue weighted by Gasteiger charge is 2.45. The second kappa shape index (κ2) is 7.31. The van der Waals surface area contributed by atoms with Crippen LogP contribution in [0.5, 0.6) is 5.75 Å². The molecule has 0 saturated heterocycles. The van der Waals surface area contributed by atoms with Gasteiger partial charge in [-0.25, -0.2) is 0 Å². The van der Waals surface area contributed by atoms with Gasteiger partial charge in [0.15, 0.2) is 5.60 Å². The number of hydrogen-bond acceptors (Lipinski definition) is 4. The fourth-order valence-corrected chi connectivity index (χ4v) is 2.82. The van der Waals surface area contributed by atoms with Crippen molar-refractivity contribution in [1.82, 2.24) is 0 Å². The van der Waals surface area contributed by atoms with E-state index in [1.807, 2.05) is 19.9 Å². The van der Waals surface area contributed by atoms with Crippen molar-refractivity contribution in [1.29, 1.82) is 0 Å². The molecule has 1 aliphatic heterocycles. The van der Waals surface area contributed by atoms with Crippen LogP contribution in [0.15, 0.2) is 18.2 Å². The average molecular weight is 327 g/mol. The van der Waals surface area contributed by atoms with Gasteiger partial charge in [-0.05, 0) is 31.0 Å². The van der Waals surface area contributed by atoms with E-state index in [0.29, 0.717) is 55.6 Å². The maximum absolute atomic E-state index is 12.9. The van der Waals surface area contributed by atoms with E-state index in [-0.39, 0.29) is 5.91 Å². The number of halogens is 1. The van der Waals surface area contributed by atoms with Gasteiger partial charge < -0.3 is 20.1 Å². The lowest BCUT2D eigenvalue weighted by Crippen LogP contribution is -2.56. The molecular formula is C16H23ClN2O3. The summed E-state index contributed by atoms with van der Waals surface area (Å²) in [6, 6.07) is 5.35. The minimum Gasteiger partial charge on any atom is -0.475 e. The van der Waals surface area contributed by atoms with E-state index in [2.05, 4.69) is 0 Å². The Kier molecular flexibility index (Phi) is 5.67. The molecule has 0 bridgehead atoms. The van der Waals surface area contributed by atoms with Gasteiger partial charge in [0.2, 0.25) is 0 Å². The Hall–Kier alpha value is -1.30. The lowest BCUT2D eigenvalue weighted by Gasteiger charge is -2.42. The lowest BCUT2D eigenvalue weighted by molar-refractivity contribution is -0.136. The van der Waals surface area contributed by atoms with Crippen LogP contribution in [0.3, 0.4) is 0 Å². The SMILES string of the molecule is CCC1(CC)Oc2ccc(Cl)cc2N(CCOCCN)C1=O. The fourth-order valence-electron chi connectivity index (χ4n) is 2.66. The van der Waals surface area contributed by atoms with E-state index in [0.717, 1.165) is 0 Å². The Bertz CT molecular complexity index is 532. The van der Waals surface area contributed by atoms with Gasteiger partial charge in [-0.1, -0.05) is 25.4 Å². The number of carbonyl (C=O) groups excluding carboxylic acids is 1. The van der Waals surface area contributed by atoms with Gasteiger partial charge in [-0.15, -0.1) is 0 Å². The van der Waals surface area contributed by atoms with Crippen LogP contribution in [0.2, 0.25) is 5.02 Å². The molecule has 1 aromatic carbocycles. The number of anilines is 1. The molecule has 0 aromatic heterocycles. The molecule has 5 nitrogen and oxygen atoms in total. The molecule has 2 rings (SSSR count). The summed E-state index contributed by atoms with van der Waals surface area (Å²) in [5, 5.41) is 0.573. The molecule has 0 unspecified atom stereocenters. The zero-order valence-electron chi connectivity index (χ0n) is 13.1. The van der Waals surface area contributed by atoms with E-state index < -0.39 is 5.60 Å². The number of fused-ring (bicyclic) bond motifs is 1. The van der Waals surface area contributed by atoms with Crippen molar-refractivity contribution in [3.8, 4) is 5.75 Å². The number of ether oxygens (including phenoxy) is 2. The topological polar surface area (TPSA) is 64.8 Å². The summed E-state index contributed by atoms with van der Waals surface area (Å²) in [4.78, 5) is 14.6. The largest absolute Gasteiger partial charge is 0.475 e. The second-order valence-electron chi connectivity index (χ2n) is 5.27. The summed E-state index contributed by atoms with van der Waals surface area (Å²) >= 11 is 6.07. The minimum atomic E-state index is -0.811. The van der Waals surface area contributed by atoms with Crippen LogP contribution in [-0.4, -0.2) is 37.8 Å². The number of rotatable bonds is 7. The smallest absolute Gasteiger partial charge is 0.271 e. The zero-order valence-corrected chi connectivity index (χ0v) is 13.9. The Balaban J connectivity index is 2.31. The van der Waals surface area contributed by atoms with Crippen molar-refractivity contribution in [2.24, 2.45) is 5.73 Å². The van der Waals surface area contributed by atoms with Gasteiger partial charge in [0.1, 0.15) is 5.75 Å². The summed E-state index contributed by atoms with van der Waals surface area (Å²) in [5.74, 6) is 0.648. The van der Waals surface area contributed by atoms with Crippen molar-refractivity contribution in [3.05, 3.63) is 23.2 Å². The molecule has 0 fully saturated rings. The van der Waals surface area contributed by atoms with E-state index in [9.17, 15) is 4.79 Å². The van der Waals surface area contributed by atoms with Gasteiger partial charge in [0.05, 0.1) is 18.9 Å². The van der Waals surface area contributed by atoms with Crippen molar-refractivity contribution >= 4 is 23.2 Å². The Labute approximate surface area is 136 Å². The van der Waals surface area contributed by atoms with E-state index >= 15 is 0 Å². The van der Waals surface area contributed by atoms with Crippen LogP contribution in [-0.2, 0) is 9.53 Å². The van der Waals surface area contributed by atoms with Crippen molar-refractivity contribution in [3.63, 3.8) is 0 Å². The van der Waals surface area contributed by atoms with E-state index in [4.69, 9.17) is 26.8 Å². The monoisotopic (exact) mass is 326 g/mol. The summed E-state index contributed by atoms with van der Waals surface area (Å²) in [5.41, 5.74) is 5.30. The molecule has 6 heteroatoms. The van der Waals surface area contributed by atoms with E-state index in [1.54, 1.807) is 17.0 Å². The number of benzene rings is 1. The number of nitrogens with two attached hydrogens (primary N) is 1. The van der Waals surface area contributed by atoms with Crippen molar-refractivity contribution in [2.45, 2.75) is 32.3 Å². The highest BCUT2D eigenvalue weighted by atomic mass is 35.5. The first-order valence-electron chi connectivity index (χ1n) is 7.66.